The lowest BCUT2D eigenvalue weighted by Crippen LogP contribution is -2.29. The molecule has 1 amide bonds. The minimum absolute atomic E-state index is 0. The lowest BCUT2D eigenvalue weighted by Gasteiger charge is -2.19. The highest BCUT2D eigenvalue weighted by Crippen LogP contribution is 2.22. The van der Waals surface area contributed by atoms with Crippen molar-refractivity contribution in [2.75, 3.05) is 5.32 Å². The predicted octanol–water partition coefficient (Wildman–Crippen LogP) is 2.99. The number of halogens is 1. The van der Waals surface area contributed by atoms with E-state index in [1.807, 2.05) is 0 Å². The summed E-state index contributed by atoms with van der Waals surface area (Å²) in [4.78, 5) is 16.3. The molecule has 138 valence electrons. The van der Waals surface area contributed by atoms with E-state index in [0.717, 1.165) is 0 Å². The largest absolute Gasteiger partial charge is 0.325 e. The normalized spacial score (nSPS) is 11.7. The Morgan fingerprint density at radius 2 is 2.00 bits per heavy atom. The monoisotopic (exact) mass is 403 g/mol. The van der Waals surface area contributed by atoms with E-state index in [1.165, 1.54) is 11.3 Å². The molecule has 0 unspecified atom stereocenters. The predicted molar refractivity (Wildman–Crippen MR) is 104 cm³/mol. The Morgan fingerprint density at radius 3 is 2.56 bits per heavy atom. The second-order valence-electron chi connectivity index (χ2n) is 6.36. The highest BCUT2D eigenvalue weighted by molar-refractivity contribution is 7.91. The number of sulfone groups is 1. The van der Waals surface area contributed by atoms with Gasteiger partial charge in [-0.1, -0.05) is 12.1 Å². The van der Waals surface area contributed by atoms with E-state index in [-0.39, 0.29) is 30.6 Å². The zero-order valence-electron chi connectivity index (χ0n) is 14.3. The van der Waals surface area contributed by atoms with Crippen LogP contribution in [0, 0.1) is 0 Å². The number of thiazole rings is 1. The minimum Gasteiger partial charge on any atom is -0.325 e. The van der Waals surface area contributed by atoms with E-state index in [2.05, 4.69) is 10.3 Å². The van der Waals surface area contributed by atoms with Gasteiger partial charge in [-0.15, -0.1) is 23.7 Å². The Hall–Kier alpha value is -1.48. The number of rotatable bonds is 5. The number of hydrogen-bond acceptors (Lipinski definition) is 6. The maximum absolute atomic E-state index is 12.3. The van der Waals surface area contributed by atoms with Crippen LogP contribution in [-0.4, -0.2) is 24.1 Å². The van der Waals surface area contributed by atoms with Crippen molar-refractivity contribution >= 4 is 45.2 Å². The van der Waals surface area contributed by atoms with Crippen LogP contribution in [-0.2, 0) is 22.1 Å². The maximum Gasteiger partial charge on any atom is 0.275 e. The van der Waals surface area contributed by atoms with Crippen LogP contribution >= 0.6 is 23.7 Å². The van der Waals surface area contributed by atoms with Gasteiger partial charge in [-0.25, -0.2) is 13.4 Å². The summed E-state index contributed by atoms with van der Waals surface area (Å²) >= 11 is 1.33. The van der Waals surface area contributed by atoms with E-state index in [4.69, 9.17) is 5.73 Å². The molecule has 0 fully saturated rings. The van der Waals surface area contributed by atoms with Gasteiger partial charge >= 0.3 is 0 Å². The standard InChI is InChI=1S/C16H21N3O3S2.ClH/c1-16(2,3)24(21,22)10-11-5-4-6-12(7-11)18-15(20)13-9-23-14(8-17)19-13;/h4-7,9H,8,10,17H2,1-3H3,(H,18,20);1H. The lowest BCUT2D eigenvalue weighted by atomic mass is 10.2. The van der Waals surface area contributed by atoms with E-state index >= 15 is 0 Å². The summed E-state index contributed by atoms with van der Waals surface area (Å²) in [5.74, 6) is -0.421. The fourth-order valence-electron chi connectivity index (χ4n) is 1.88. The zero-order chi connectivity index (χ0) is 18.0. The molecule has 0 saturated heterocycles. The van der Waals surface area contributed by atoms with Crippen molar-refractivity contribution in [1.29, 1.82) is 0 Å². The first kappa shape index (κ1) is 21.6. The first-order valence-corrected chi connectivity index (χ1v) is 9.92. The van der Waals surface area contributed by atoms with Crippen molar-refractivity contribution in [2.45, 2.75) is 37.8 Å². The number of anilines is 1. The number of aromatic nitrogens is 1. The average Bonchev–Trinajstić information content (AvgIpc) is 2.95. The van der Waals surface area contributed by atoms with Crippen molar-refractivity contribution in [1.82, 2.24) is 4.98 Å². The Kier molecular flexibility index (Phi) is 7.13. The van der Waals surface area contributed by atoms with E-state index in [0.29, 0.717) is 22.0 Å². The van der Waals surface area contributed by atoms with Gasteiger partial charge < -0.3 is 11.1 Å². The third-order valence-electron chi connectivity index (χ3n) is 3.43. The highest BCUT2D eigenvalue weighted by atomic mass is 35.5. The molecule has 3 N–H and O–H groups in total. The molecule has 0 aliphatic heterocycles. The highest BCUT2D eigenvalue weighted by Gasteiger charge is 2.29. The smallest absolute Gasteiger partial charge is 0.275 e. The number of carbonyl (C=O) groups excluding carboxylic acids is 1. The number of nitrogens with one attached hydrogen (secondary N) is 1. The molecule has 1 aromatic heterocycles. The molecule has 0 radical (unpaired) electrons. The summed E-state index contributed by atoms with van der Waals surface area (Å²) in [6, 6.07) is 6.82. The van der Waals surface area contributed by atoms with Gasteiger partial charge in [0.15, 0.2) is 9.84 Å². The number of nitrogens with zero attached hydrogens (tertiary/aromatic N) is 1. The van der Waals surface area contributed by atoms with Gasteiger partial charge in [0, 0.05) is 17.6 Å². The molecule has 0 bridgehead atoms. The van der Waals surface area contributed by atoms with E-state index < -0.39 is 14.6 Å². The number of amides is 1. The second kappa shape index (κ2) is 8.27. The fourth-order valence-corrected chi connectivity index (χ4v) is 3.58. The van der Waals surface area contributed by atoms with Gasteiger partial charge in [-0.2, -0.15) is 0 Å². The number of nitrogens with two attached hydrogens (primary N) is 1. The van der Waals surface area contributed by atoms with Crippen molar-refractivity contribution in [3.8, 4) is 0 Å². The van der Waals surface area contributed by atoms with Gasteiger partial charge in [-0.05, 0) is 38.5 Å². The molecule has 0 aliphatic rings. The first-order valence-electron chi connectivity index (χ1n) is 7.39. The van der Waals surface area contributed by atoms with Crippen molar-refractivity contribution in [2.24, 2.45) is 5.73 Å². The summed E-state index contributed by atoms with van der Waals surface area (Å²) in [5, 5.41) is 5.06. The zero-order valence-corrected chi connectivity index (χ0v) is 16.7. The molecule has 2 aromatic rings. The number of benzene rings is 1. The fraction of sp³-hybridized carbons (Fsp3) is 0.375. The van der Waals surface area contributed by atoms with Crippen molar-refractivity contribution < 1.29 is 13.2 Å². The molecule has 0 aliphatic carbocycles. The van der Waals surface area contributed by atoms with Crippen LogP contribution < -0.4 is 11.1 Å². The third-order valence-corrected chi connectivity index (χ3v) is 6.88. The number of hydrogen-bond donors (Lipinski definition) is 2. The summed E-state index contributed by atoms with van der Waals surface area (Å²) in [7, 11) is -3.29. The topological polar surface area (TPSA) is 102 Å². The minimum atomic E-state index is -3.29. The second-order valence-corrected chi connectivity index (χ2v) is 10.0. The molecule has 25 heavy (non-hydrogen) atoms. The first-order chi connectivity index (χ1) is 11.1. The number of carbonyl (C=O) groups is 1. The van der Waals surface area contributed by atoms with Gasteiger partial charge in [0.1, 0.15) is 10.7 Å². The molecule has 1 heterocycles. The van der Waals surface area contributed by atoms with Gasteiger partial charge in [0.25, 0.3) is 5.91 Å². The average molecular weight is 404 g/mol. The van der Waals surface area contributed by atoms with Crippen molar-refractivity contribution in [3.05, 3.63) is 45.9 Å². The maximum atomic E-state index is 12.3. The molecule has 0 atom stereocenters. The van der Waals surface area contributed by atoms with Gasteiger partial charge in [0.2, 0.25) is 0 Å². The van der Waals surface area contributed by atoms with Crippen LogP contribution in [0.1, 0.15) is 41.8 Å². The van der Waals surface area contributed by atoms with Crippen LogP contribution in [0.5, 0.6) is 0 Å². The third kappa shape index (κ3) is 5.50. The Bertz CT molecular complexity index is 842. The molecule has 9 heteroatoms. The molecule has 6 nitrogen and oxygen atoms in total. The molecular weight excluding hydrogens is 382 g/mol. The summed E-state index contributed by atoms with van der Waals surface area (Å²) in [5.41, 5.74) is 6.95. The van der Waals surface area contributed by atoms with Crippen LogP contribution in [0.4, 0.5) is 5.69 Å². The Labute approximate surface area is 158 Å². The van der Waals surface area contributed by atoms with Crippen LogP contribution in [0.3, 0.4) is 0 Å². The summed E-state index contributed by atoms with van der Waals surface area (Å²) in [6.07, 6.45) is 0. The molecular formula is C16H22ClN3O3S2. The van der Waals surface area contributed by atoms with Crippen molar-refractivity contribution in [3.63, 3.8) is 0 Å². The molecule has 1 aromatic carbocycles. The van der Waals surface area contributed by atoms with E-state index in [9.17, 15) is 13.2 Å². The van der Waals surface area contributed by atoms with Crippen LogP contribution in [0.25, 0.3) is 0 Å². The van der Waals surface area contributed by atoms with Crippen LogP contribution in [0.2, 0.25) is 0 Å². The van der Waals surface area contributed by atoms with E-state index in [1.54, 1.807) is 50.4 Å². The molecule has 0 spiro atoms. The molecule has 2 rings (SSSR count). The van der Waals surface area contributed by atoms with Gasteiger partial charge in [-0.3, -0.25) is 4.79 Å². The summed E-state index contributed by atoms with van der Waals surface area (Å²) < 4.78 is 23.8. The SMILES string of the molecule is CC(C)(C)S(=O)(=O)Cc1cccc(NC(=O)c2csc(CN)n2)c1.Cl. The van der Waals surface area contributed by atoms with Gasteiger partial charge in [0.05, 0.1) is 10.5 Å². The molecule has 0 saturated carbocycles. The lowest BCUT2D eigenvalue weighted by molar-refractivity contribution is 0.102. The van der Waals surface area contributed by atoms with Crippen LogP contribution in [0.15, 0.2) is 29.6 Å². The summed E-state index contributed by atoms with van der Waals surface area (Å²) in [6.45, 7) is 5.31. The Balaban J connectivity index is 0.00000312. The quantitative estimate of drug-likeness (QED) is 0.798. The Morgan fingerprint density at radius 1 is 1.32 bits per heavy atom.